The summed E-state index contributed by atoms with van der Waals surface area (Å²) in [5.41, 5.74) is 3.93. The van der Waals surface area contributed by atoms with Crippen molar-refractivity contribution in [2.75, 3.05) is 6.54 Å². The van der Waals surface area contributed by atoms with E-state index in [2.05, 4.69) is 15.8 Å². The molecule has 3 aromatic rings. The second-order valence-corrected chi connectivity index (χ2v) is 10.6. The van der Waals surface area contributed by atoms with Crippen LogP contribution in [0.5, 0.6) is 0 Å². The molecule has 0 fully saturated rings. The molecule has 10 heteroatoms. The highest BCUT2D eigenvalue weighted by molar-refractivity contribution is 7.89. The molecule has 0 aliphatic carbocycles. The molecule has 3 rings (SSSR count). The molecule has 0 spiro atoms. The van der Waals surface area contributed by atoms with Crippen LogP contribution >= 0.6 is 0 Å². The summed E-state index contributed by atoms with van der Waals surface area (Å²) in [5.74, 6) is -0.775. The molecule has 0 unspecified atom stereocenters. The predicted molar refractivity (Wildman–Crippen MR) is 136 cm³/mol. The largest absolute Gasteiger partial charge is 0.459 e. The number of hydrazone groups is 1. The number of nitrogens with zero attached hydrogens (tertiary/aromatic N) is 2. The Balaban J connectivity index is 1.72. The lowest BCUT2D eigenvalue weighted by Crippen LogP contribution is -2.39. The van der Waals surface area contributed by atoms with Crippen molar-refractivity contribution in [3.8, 4) is 0 Å². The van der Waals surface area contributed by atoms with Crippen LogP contribution < -0.4 is 10.7 Å². The summed E-state index contributed by atoms with van der Waals surface area (Å²) < 4.78 is 33.9. The summed E-state index contributed by atoms with van der Waals surface area (Å²) in [4.78, 5) is 23.7. The molecule has 0 radical (unpaired) electrons. The van der Waals surface area contributed by atoms with Gasteiger partial charge in [-0.15, -0.1) is 0 Å². The Kier molecular flexibility index (Phi) is 9.15. The van der Waals surface area contributed by atoms with E-state index in [9.17, 15) is 18.0 Å². The Hall–Kier alpha value is -3.76. The highest BCUT2D eigenvalue weighted by Gasteiger charge is 2.26. The molecule has 36 heavy (non-hydrogen) atoms. The molecule has 2 amide bonds. The van der Waals surface area contributed by atoms with Gasteiger partial charge >= 0.3 is 11.8 Å². The van der Waals surface area contributed by atoms with Gasteiger partial charge in [-0.3, -0.25) is 9.59 Å². The van der Waals surface area contributed by atoms with Crippen LogP contribution in [-0.4, -0.2) is 37.3 Å². The van der Waals surface area contributed by atoms with Gasteiger partial charge in [-0.25, -0.2) is 13.8 Å². The SMILES string of the molecule is Cc1ccc(S(=O)(=O)N(Cc2ccccc2)Cc2ccc(/C=N/NC(=O)C(=O)NCC(C)C)o2)cc1. The molecule has 1 aromatic heterocycles. The molecule has 0 aliphatic rings. The Labute approximate surface area is 211 Å². The highest BCUT2D eigenvalue weighted by Crippen LogP contribution is 2.22. The van der Waals surface area contributed by atoms with Gasteiger partial charge in [0, 0.05) is 13.1 Å². The van der Waals surface area contributed by atoms with Crippen molar-refractivity contribution < 1.29 is 22.4 Å². The summed E-state index contributed by atoms with van der Waals surface area (Å²) in [6.07, 6.45) is 1.24. The number of sulfonamides is 1. The van der Waals surface area contributed by atoms with Gasteiger partial charge in [-0.2, -0.15) is 9.41 Å². The van der Waals surface area contributed by atoms with Gasteiger partial charge in [0.15, 0.2) is 0 Å². The van der Waals surface area contributed by atoms with Crippen molar-refractivity contribution in [1.82, 2.24) is 15.0 Å². The lowest BCUT2D eigenvalue weighted by atomic mass is 10.2. The van der Waals surface area contributed by atoms with Crippen molar-refractivity contribution in [3.05, 3.63) is 89.4 Å². The second kappa shape index (κ2) is 12.3. The van der Waals surface area contributed by atoms with Crippen molar-refractivity contribution in [2.24, 2.45) is 11.0 Å². The minimum Gasteiger partial charge on any atom is -0.459 e. The van der Waals surface area contributed by atoms with E-state index in [1.807, 2.05) is 51.1 Å². The number of aryl methyl sites for hydroxylation is 1. The first-order valence-electron chi connectivity index (χ1n) is 11.5. The maximum absolute atomic E-state index is 13.4. The minimum absolute atomic E-state index is 0.0110. The monoisotopic (exact) mass is 510 g/mol. The molecule has 0 bridgehead atoms. The second-order valence-electron chi connectivity index (χ2n) is 8.68. The van der Waals surface area contributed by atoms with E-state index in [1.165, 1.54) is 10.5 Å². The lowest BCUT2D eigenvalue weighted by molar-refractivity contribution is -0.139. The first-order valence-corrected chi connectivity index (χ1v) is 12.9. The normalized spacial score (nSPS) is 11.8. The highest BCUT2D eigenvalue weighted by atomic mass is 32.2. The lowest BCUT2D eigenvalue weighted by Gasteiger charge is -2.21. The third-order valence-electron chi connectivity index (χ3n) is 5.11. The first-order chi connectivity index (χ1) is 17.1. The zero-order valence-corrected chi connectivity index (χ0v) is 21.3. The molecule has 0 saturated carbocycles. The molecule has 0 saturated heterocycles. The summed E-state index contributed by atoms with van der Waals surface area (Å²) in [6.45, 7) is 6.24. The van der Waals surface area contributed by atoms with Gasteiger partial charge in [0.1, 0.15) is 11.5 Å². The van der Waals surface area contributed by atoms with Crippen LogP contribution in [0.3, 0.4) is 0 Å². The molecule has 2 aromatic carbocycles. The quantitative estimate of drug-likeness (QED) is 0.246. The number of rotatable bonds is 10. The number of carbonyl (C=O) groups is 2. The van der Waals surface area contributed by atoms with Crippen LogP contribution in [0.4, 0.5) is 0 Å². The van der Waals surface area contributed by atoms with Crippen molar-refractivity contribution in [1.29, 1.82) is 0 Å². The minimum atomic E-state index is -3.82. The van der Waals surface area contributed by atoms with E-state index in [0.29, 0.717) is 18.1 Å². The molecule has 0 aliphatic heterocycles. The topological polar surface area (TPSA) is 121 Å². The standard InChI is InChI=1S/C26H30N4O5S/c1-19(2)15-27-25(31)26(32)29-28-16-22-11-12-23(35-22)18-30(17-21-7-5-4-6-8-21)36(33,34)24-13-9-20(3)10-14-24/h4-14,16,19H,15,17-18H2,1-3H3,(H,27,31)(H,29,32)/b28-16+. The molecule has 1 heterocycles. The number of hydrogen-bond donors (Lipinski definition) is 2. The number of furan rings is 1. The van der Waals surface area contributed by atoms with Gasteiger partial charge in [0.25, 0.3) is 0 Å². The Bertz CT molecular complexity index is 1300. The van der Waals surface area contributed by atoms with E-state index in [0.717, 1.165) is 11.1 Å². The Morgan fingerprint density at radius 1 is 0.972 bits per heavy atom. The fourth-order valence-electron chi connectivity index (χ4n) is 3.18. The first kappa shape index (κ1) is 26.8. The predicted octanol–water partition coefficient (Wildman–Crippen LogP) is 3.20. The number of carbonyl (C=O) groups excluding carboxylic acids is 2. The van der Waals surface area contributed by atoms with Gasteiger partial charge in [0.2, 0.25) is 10.0 Å². The summed E-state index contributed by atoms with van der Waals surface area (Å²) in [5, 5.41) is 6.24. The molecule has 9 nitrogen and oxygen atoms in total. The molecule has 2 N–H and O–H groups in total. The van der Waals surface area contributed by atoms with Crippen LogP contribution in [0.15, 0.2) is 81.1 Å². The van der Waals surface area contributed by atoms with Crippen LogP contribution in [-0.2, 0) is 32.7 Å². The van der Waals surface area contributed by atoms with Crippen LogP contribution in [0.2, 0.25) is 0 Å². The van der Waals surface area contributed by atoms with E-state index >= 15 is 0 Å². The van der Waals surface area contributed by atoms with E-state index in [-0.39, 0.29) is 23.9 Å². The van der Waals surface area contributed by atoms with Crippen molar-refractivity contribution in [3.63, 3.8) is 0 Å². The van der Waals surface area contributed by atoms with Gasteiger partial charge in [-0.05, 0) is 42.7 Å². The number of benzene rings is 2. The zero-order valence-electron chi connectivity index (χ0n) is 20.5. The summed E-state index contributed by atoms with van der Waals surface area (Å²) in [6, 6.07) is 19.2. The average molecular weight is 511 g/mol. The van der Waals surface area contributed by atoms with Crippen LogP contribution in [0.1, 0.15) is 36.5 Å². The number of hydrogen-bond acceptors (Lipinski definition) is 6. The summed E-state index contributed by atoms with van der Waals surface area (Å²) in [7, 11) is -3.82. The van der Waals surface area contributed by atoms with Gasteiger partial charge < -0.3 is 9.73 Å². The number of nitrogens with one attached hydrogen (secondary N) is 2. The Morgan fingerprint density at radius 3 is 2.33 bits per heavy atom. The molecule has 0 atom stereocenters. The third-order valence-corrected chi connectivity index (χ3v) is 6.92. The van der Waals surface area contributed by atoms with Crippen molar-refractivity contribution >= 4 is 28.1 Å². The maximum Gasteiger partial charge on any atom is 0.329 e. The fraction of sp³-hybridized carbons (Fsp3) is 0.269. The van der Waals surface area contributed by atoms with Crippen molar-refractivity contribution in [2.45, 2.75) is 38.8 Å². The smallest absolute Gasteiger partial charge is 0.329 e. The Morgan fingerprint density at radius 2 is 1.67 bits per heavy atom. The number of amides is 2. The fourth-order valence-corrected chi connectivity index (χ4v) is 4.57. The molecular weight excluding hydrogens is 480 g/mol. The maximum atomic E-state index is 13.4. The third kappa shape index (κ3) is 7.62. The van der Waals surface area contributed by atoms with Gasteiger partial charge in [0.05, 0.1) is 17.7 Å². The van der Waals surface area contributed by atoms with E-state index < -0.39 is 21.8 Å². The molecular formula is C26H30N4O5S. The summed E-state index contributed by atoms with van der Waals surface area (Å²) >= 11 is 0. The van der Waals surface area contributed by atoms with E-state index in [1.54, 1.807) is 36.4 Å². The van der Waals surface area contributed by atoms with Crippen LogP contribution in [0, 0.1) is 12.8 Å². The average Bonchev–Trinajstić information content (AvgIpc) is 3.30. The molecule has 190 valence electrons. The zero-order chi connectivity index (χ0) is 26.1. The van der Waals surface area contributed by atoms with E-state index in [4.69, 9.17) is 4.42 Å². The van der Waals surface area contributed by atoms with Crippen LogP contribution in [0.25, 0.3) is 0 Å². The van der Waals surface area contributed by atoms with Gasteiger partial charge in [-0.1, -0.05) is 61.9 Å².